The highest BCUT2D eigenvalue weighted by molar-refractivity contribution is 6.32. The molecule has 0 atom stereocenters. The van der Waals surface area contributed by atoms with Gasteiger partial charge < -0.3 is 4.74 Å². The van der Waals surface area contributed by atoms with Gasteiger partial charge >= 0.3 is 0 Å². The minimum absolute atomic E-state index is 0.351. The average molecular weight is 316 g/mol. The number of rotatable bonds is 4. The first kappa shape index (κ1) is 14.5. The molecule has 0 aliphatic heterocycles. The zero-order valence-corrected chi connectivity index (χ0v) is 12.7. The average Bonchev–Trinajstić information content (AvgIpc) is 2.43. The van der Waals surface area contributed by atoms with Gasteiger partial charge in [-0.3, -0.25) is 0 Å². The fraction of sp³-hybridized carbons (Fsp3) is 0.200. The molecule has 0 heterocycles. The second-order valence-electron chi connectivity index (χ2n) is 4.07. The van der Waals surface area contributed by atoms with E-state index in [2.05, 4.69) is 0 Å². The number of alkyl halides is 1. The van der Waals surface area contributed by atoms with Crippen LogP contribution in [0.5, 0.6) is 11.5 Å². The van der Waals surface area contributed by atoms with Crippen molar-refractivity contribution < 1.29 is 4.74 Å². The van der Waals surface area contributed by atoms with Crippen molar-refractivity contribution in [1.29, 1.82) is 0 Å². The van der Waals surface area contributed by atoms with Crippen LogP contribution in [0.4, 0.5) is 0 Å². The molecule has 0 bridgehead atoms. The topological polar surface area (TPSA) is 9.23 Å². The molecule has 1 nitrogen and oxygen atoms in total. The van der Waals surface area contributed by atoms with Crippen molar-refractivity contribution >= 4 is 34.8 Å². The number of para-hydroxylation sites is 1. The Morgan fingerprint density at radius 3 is 2.47 bits per heavy atom. The molecule has 0 saturated carbocycles. The van der Waals surface area contributed by atoms with E-state index < -0.39 is 0 Å². The maximum atomic E-state index is 6.15. The van der Waals surface area contributed by atoms with E-state index in [1.165, 1.54) is 0 Å². The SMILES string of the molecule is CCc1cc(Oc2c(Cl)cccc2CCl)ccc1Cl. The first-order chi connectivity index (χ1) is 9.15. The van der Waals surface area contributed by atoms with Crippen LogP contribution in [-0.4, -0.2) is 0 Å². The second-order valence-corrected chi connectivity index (χ2v) is 5.15. The van der Waals surface area contributed by atoms with Gasteiger partial charge in [0.25, 0.3) is 0 Å². The second kappa shape index (κ2) is 6.51. The smallest absolute Gasteiger partial charge is 0.150 e. The Bertz CT molecular complexity index is 582. The van der Waals surface area contributed by atoms with Crippen molar-refractivity contribution in [2.45, 2.75) is 19.2 Å². The van der Waals surface area contributed by atoms with Crippen molar-refractivity contribution in [1.82, 2.24) is 0 Å². The molecule has 0 aliphatic carbocycles. The molecule has 0 amide bonds. The van der Waals surface area contributed by atoms with E-state index in [0.29, 0.717) is 22.4 Å². The highest BCUT2D eigenvalue weighted by atomic mass is 35.5. The molecule has 0 radical (unpaired) electrons. The third-order valence-corrected chi connectivity index (χ3v) is 3.76. The maximum Gasteiger partial charge on any atom is 0.150 e. The number of hydrogen-bond donors (Lipinski definition) is 0. The zero-order valence-electron chi connectivity index (χ0n) is 10.4. The minimum Gasteiger partial charge on any atom is -0.455 e. The van der Waals surface area contributed by atoms with Gasteiger partial charge in [-0.1, -0.05) is 42.3 Å². The molecule has 4 heteroatoms. The molecular formula is C15H13Cl3O. The monoisotopic (exact) mass is 314 g/mol. The molecule has 0 unspecified atom stereocenters. The third kappa shape index (κ3) is 3.36. The largest absolute Gasteiger partial charge is 0.455 e. The first-order valence-corrected chi connectivity index (χ1v) is 7.24. The summed E-state index contributed by atoms with van der Waals surface area (Å²) in [7, 11) is 0. The Morgan fingerprint density at radius 2 is 1.79 bits per heavy atom. The van der Waals surface area contributed by atoms with Crippen molar-refractivity contribution in [2.75, 3.05) is 0 Å². The van der Waals surface area contributed by atoms with Crippen molar-refractivity contribution in [2.24, 2.45) is 0 Å². The van der Waals surface area contributed by atoms with Crippen molar-refractivity contribution in [3.8, 4) is 11.5 Å². The summed E-state index contributed by atoms with van der Waals surface area (Å²) in [6.07, 6.45) is 0.848. The molecule has 0 saturated heterocycles. The summed E-state index contributed by atoms with van der Waals surface area (Å²) in [6, 6.07) is 11.1. The van der Waals surface area contributed by atoms with E-state index in [1.807, 2.05) is 37.3 Å². The Balaban J connectivity index is 2.36. The van der Waals surface area contributed by atoms with Gasteiger partial charge in [-0.2, -0.15) is 0 Å². The molecule has 0 N–H and O–H groups in total. The molecule has 0 aromatic heterocycles. The number of hydrogen-bond acceptors (Lipinski definition) is 1. The fourth-order valence-electron chi connectivity index (χ4n) is 1.78. The maximum absolute atomic E-state index is 6.15. The van der Waals surface area contributed by atoms with Crippen LogP contribution in [0.15, 0.2) is 36.4 Å². The predicted molar refractivity (Wildman–Crippen MR) is 81.9 cm³/mol. The molecule has 2 rings (SSSR count). The Kier molecular flexibility index (Phi) is 4.98. The summed E-state index contributed by atoms with van der Waals surface area (Å²) in [4.78, 5) is 0. The standard InChI is InChI=1S/C15H13Cl3O/c1-2-10-8-12(6-7-13(10)17)19-15-11(9-16)4-3-5-14(15)18/h3-8H,2,9H2,1H3. The number of halogens is 3. The molecule has 19 heavy (non-hydrogen) atoms. The lowest BCUT2D eigenvalue weighted by molar-refractivity contribution is 0.478. The fourth-order valence-corrected chi connectivity index (χ4v) is 2.47. The van der Waals surface area contributed by atoms with Gasteiger partial charge in [0.2, 0.25) is 0 Å². The van der Waals surface area contributed by atoms with Crippen LogP contribution < -0.4 is 4.74 Å². The Hall–Kier alpha value is -0.890. The first-order valence-electron chi connectivity index (χ1n) is 5.95. The number of benzene rings is 2. The van der Waals surface area contributed by atoms with Gasteiger partial charge in [0, 0.05) is 10.6 Å². The lowest BCUT2D eigenvalue weighted by Crippen LogP contribution is -1.92. The molecule has 0 fully saturated rings. The summed E-state index contributed by atoms with van der Waals surface area (Å²) >= 11 is 18.1. The van der Waals surface area contributed by atoms with E-state index in [9.17, 15) is 0 Å². The van der Waals surface area contributed by atoms with Gasteiger partial charge in [-0.15, -0.1) is 11.6 Å². The van der Waals surface area contributed by atoms with Crippen LogP contribution in [0.2, 0.25) is 10.0 Å². The molecule has 2 aromatic rings. The Labute approximate surface area is 128 Å². The van der Waals surface area contributed by atoms with E-state index in [-0.39, 0.29) is 0 Å². The van der Waals surface area contributed by atoms with Crippen LogP contribution in [0.1, 0.15) is 18.1 Å². The van der Waals surface area contributed by atoms with E-state index in [1.54, 1.807) is 6.07 Å². The van der Waals surface area contributed by atoms with Gasteiger partial charge in [-0.05, 0) is 36.2 Å². The van der Waals surface area contributed by atoms with Gasteiger partial charge in [0.15, 0.2) is 0 Å². The third-order valence-electron chi connectivity index (χ3n) is 2.81. The summed E-state index contributed by atoms with van der Waals surface area (Å²) in [5.74, 6) is 1.66. The summed E-state index contributed by atoms with van der Waals surface area (Å²) in [5.41, 5.74) is 1.90. The molecule has 0 aliphatic rings. The van der Waals surface area contributed by atoms with Crippen molar-refractivity contribution in [3.63, 3.8) is 0 Å². The van der Waals surface area contributed by atoms with Crippen LogP contribution in [0.25, 0.3) is 0 Å². The van der Waals surface area contributed by atoms with Crippen LogP contribution in [0, 0.1) is 0 Å². The predicted octanol–water partition coefficient (Wildman–Crippen LogP) is 6.09. The molecule has 0 spiro atoms. The summed E-state index contributed by atoms with van der Waals surface area (Å²) < 4.78 is 5.85. The minimum atomic E-state index is 0.351. The molecule has 2 aromatic carbocycles. The number of ether oxygens (including phenoxy) is 1. The quantitative estimate of drug-likeness (QED) is 0.621. The lowest BCUT2D eigenvalue weighted by Gasteiger charge is -2.12. The zero-order chi connectivity index (χ0) is 13.8. The van der Waals surface area contributed by atoms with E-state index in [4.69, 9.17) is 39.5 Å². The van der Waals surface area contributed by atoms with Crippen LogP contribution >= 0.6 is 34.8 Å². The summed E-state index contributed by atoms with van der Waals surface area (Å²) in [5, 5.41) is 1.29. The highest BCUT2D eigenvalue weighted by Crippen LogP contribution is 2.35. The molecule has 100 valence electrons. The van der Waals surface area contributed by atoms with Gasteiger partial charge in [0.1, 0.15) is 11.5 Å². The Morgan fingerprint density at radius 1 is 1.00 bits per heavy atom. The highest BCUT2D eigenvalue weighted by Gasteiger charge is 2.10. The van der Waals surface area contributed by atoms with Crippen LogP contribution in [0.3, 0.4) is 0 Å². The van der Waals surface area contributed by atoms with E-state index in [0.717, 1.165) is 22.6 Å². The number of aryl methyl sites for hydroxylation is 1. The normalized spacial score (nSPS) is 10.5. The van der Waals surface area contributed by atoms with E-state index >= 15 is 0 Å². The van der Waals surface area contributed by atoms with Crippen molar-refractivity contribution in [3.05, 3.63) is 57.6 Å². The van der Waals surface area contributed by atoms with Gasteiger partial charge in [0.05, 0.1) is 10.9 Å². The summed E-state index contributed by atoms with van der Waals surface area (Å²) in [6.45, 7) is 2.05. The van der Waals surface area contributed by atoms with Crippen LogP contribution in [-0.2, 0) is 12.3 Å². The lowest BCUT2D eigenvalue weighted by atomic mass is 10.1. The van der Waals surface area contributed by atoms with Gasteiger partial charge in [-0.25, -0.2) is 0 Å². The molecular weight excluding hydrogens is 303 g/mol.